The fourth-order valence-electron chi connectivity index (χ4n) is 3.22. The van der Waals surface area contributed by atoms with E-state index in [1.54, 1.807) is 0 Å². The number of carbonyl (C=O) groups is 2. The smallest absolute Gasteiger partial charge is 0.240 e. The number of nitrogens with one attached hydrogen (secondary N) is 1. The Kier molecular flexibility index (Phi) is 4.13. The SMILES string of the molecule is CC1(C)CCCNC1C(=O)N1CCCC(C(N)=O)C1. The Balaban J connectivity index is 2.04. The van der Waals surface area contributed by atoms with Gasteiger partial charge in [0.25, 0.3) is 0 Å². The van der Waals surface area contributed by atoms with Crippen LogP contribution in [0.2, 0.25) is 0 Å². The molecule has 2 rings (SSSR count). The Labute approximate surface area is 114 Å². The van der Waals surface area contributed by atoms with Crippen molar-refractivity contribution in [2.45, 2.75) is 45.6 Å². The normalized spacial score (nSPS) is 30.9. The molecule has 5 nitrogen and oxygen atoms in total. The molecule has 0 spiro atoms. The minimum absolute atomic E-state index is 0.0188. The first-order valence-electron chi connectivity index (χ1n) is 7.23. The molecule has 0 aromatic rings. The third-order valence-corrected chi connectivity index (χ3v) is 4.51. The highest BCUT2D eigenvalue weighted by Crippen LogP contribution is 2.32. The average Bonchev–Trinajstić information content (AvgIpc) is 2.37. The van der Waals surface area contributed by atoms with E-state index >= 15 is 0 Å². The van der Waals surface area contributed by atoms with Crippen molar-refractivity contribution >= 4 is 11.8 Å². The number of likely N-dealkylation sites (tertiary alicyclic amines) is 1. The first kappa shape index (κ1) is 14.3. The molecule has 2 aliphatic heterocycles. The first-order valence-corrected chi connectivity index (χ1v) is 7.23. The summed E-state index contributed by atoms with van der Waals surface area (Å²) in [5.41, 5.74) is 5.35. The zero-order chi connectivity index (χ0) is 14.0. The van der Waals surface area contributed by atoms with E-state index in [4.69, 9.17) is 5.73 Å². The number of nitrogens with two attached hydrogens (primary N) is 1. The molecule has 108 valence electrons. The number of hydrogen-bond donors (Lipinski definition) is 2. The molecule has 0 aromatic heterocycles. The van der Waals surface area contributed by atoms with Crippen molar-refractivity contribution in [3.8, 4) is 0 Å². The van der Waals surface area contributed by atoms with Gasteiger partial charge < -0.3 is 16.0 Å². The third kappa shape index (κ3) is 3.08. The van der Waals surface area contributed by atoms with Gasteiger partial charge in [0.1, 0.15) is 0 Å². The molecule has 5 heteroatoms. The average molecular weight is 267 g/mol. The van der Waals surface area contributed by atoms with E-state index in [0.717, 1.165) is 38.8 Å². The van der Waals surface area contributed by atoms with Gasteiger partial charge in [-0.3, -0.25) is 9.59 Å². The number of rotatable bonds is 2. The quantitative estimate of drug-likeness (QED) is 0.764. The van der Waals surface area contributed by atoms with Gasteiger partial charge in [-0.15, -0.1) is 0 Å². The van der Waals surface area contributed by atoms with E-state index in [9.17, 15) is 9.59 Å². The zero-order valence-corrected chi connectivity index (χ0v) is 11.9. The predicted molar refractivity (Wildman–Crippen MR) is 73.3 cm³/mol. The van der Waals surface area contributed by atoms with E-state index in [2.05, 4.69) is 19.2 Å². The van der Waals surface area contributed by atoms with Crippen LogP contribution in [-0.2, 0) is 9.59 Å². The van der Waals surface area contributed by atoms with Crippen LogP contribution in [-0.4, -0.2) is 42.4 Å². The van der Waals surface area contributed by atoms with Crippen LogP contribution >= 0.6 is 0 Å². The van der Waals surface area contributed by atoms with Crippen LogP contribution in [0.3, 0.4) is 0 Å². The minimum Gasteiger partial charge on any atom is -0.369 e. The molecule has 0 bridgehead atoms. The summed E-state index contributed by atoms with van der Waals surface area (Å²) < 4.78 is 0. The zero-order valence-electron chi connectivity index (χ0n) is 11.9. The van der Waals surface area contributed by atoms with Gasteiger partial charge >= 0.3 is 0 Å². The highest BCUT2D eigenvalue weighted by atomic mass is 16.2. The van der Waals surface area contributed by atoms with Crippen LogP contribution in [0.4, 0.5) is 0 Å². The van der Waals surface area contributed by atoms with Crippen molar-refractivity contribution in [3.05, 3.63) is 0 Å². The maximum Gasteiger partial charge on any atom is 0.240 e. The lowest BCUT2D eigenvalue weighted by molar-refractivity contribution is -0.140. The van der Waals surface area contributed by atoms with Gasteiger partial charge in [0.2, 0.25) is 11.8 Å². The summed E-state index contributed by atoms with van der Waals surface area (Å²) in [7, 11) is 0. The van der Waals surface area contributed by atoms with Crippen LogP contribution in [0.25, 0.3) is 0 Å². The number of carbonyl (C=O) groups excluding carboxylic acids is 2. The van der Waals surface area contributed by atoms with Gasteiger partial charge in [-0.25, -0.2) is 0 Å². The first-order chi connectivity index (χ1) is 8.92. The summed E-state index contributed by atoms with van der Waals surface area (Å²) in [6.07, 6.45) is 3.84. The molecular weight excluding hydrogens is 242 g/mol. The molecule has 3 N–H and O–H groups in total. The van der Waals surface area contributed by atoms with Gasteiger partial charge in [0.15, 0.2) is 0 Å². The van der Waals surface area contributed by atoms with E-state index in [0.29, 0.717) is 6.54 Å². The maximum absolute atomic E-state index is 12.6. The maximum atomic E-state index is 12.6. The summed E-state index contributed by atoms with van der Waals surface area (Å²) in [5, 5.41) is 3.34. The Morgan fingerprint density at radius 3 is 2.68 bits per heavy atom. The molecule has 0 saturated carbocycles. The van der Waals surface area contributed by atoms with Crippen molar-refractivity contribution in [3.63, 3.8) is 0 Å². The second-order valence-corrected chi connectivity index (χ2v) is 6.51. The van der Waals surface area contributed by atoms with Gasteiger partial charge in [-0.1, -0.05) is 13.8 Å². The molecule has 2 fully saturated rings. The summed E-state index contributed by atoms with van der Waals surface area (Å²) in [6.45, 7) is 6.40. The highest BCUT2D eigenvalue weighted by Gasteiger charge is 2.40. The van der Waals surface area contributed by atoms with Crippen molar-refractivity contribution < 1.29 is 9.59 Å². The molecule has 2 aliphatic rings. The van der Waals surface area contributed by atoms with Gasteiger partial charge in [0, 0.05) is 13.1 Å². The summed E-state index contributed by atoms with van der Waals surface area (Å²) in [4.78, 5) is 25.8. The second-order valence-electron chi connectivity index (χ2n) is 6.51. The Morgan fingerprint density at radius 2 is 2.05 bits per heavy atom. The molecular formula is C14H25N3O2. The van der Waals surface area contributed by atoms with Crippen molar-refractivity contribution in [1.82, 2.24) is 10.2 Å². The van der Waals surface area contributed by atoms with E-state index in [1.807, 2.05) is 4.90 Å². The topological polar surface area (TPSA) is 75.4 Å². The monoisotopic (exact) mass is 267 g/mol. The fourth-order valence-corrected chi connectivity index (χ4v) is 3.22. The molecule has 2 amide bonds. The number of piperidine rings is 2. The molecule has 0 radical (unpaired) electrons. The van der Waals surface area contributed by atoms with Gasteiger partial charge in [-0.05, 0) is 37.6 Å². The lowest BCUT2D eigenvalue weighted by atomic mass is 9.76. The predicted octanol–water partition coefficient (Wildman–Crippen LogP) is 0.489. The number of amides is 2. The summed E-state index contributed by atoms with van der Waals surface area (Å²) >= 11 is 0. The van der Waals surface area contributed by atoms with Crippen molar-refractivity contribution in [1.29, 1.82) is 0 Å². The van der Waals surface area contributed by atoms with Crippen LogP contribution in [0.15, 0.2) is 0 Å². The molecule has 0 aliphatic carbocycles. The summed E-state index contributed by atoms with van der Waals surface area (Å²) in [5.74, 6) is -0.326. The van der Waals surface area contributed by atoms with Gasteiger partial charge in [0.05, 0.1) is 12.0 Å². The van der Waals surface area contributed by atoms with Crippen LogP contribution < -0.4 is 11.1 Å². The molecule has 2 unspecified atom stereocenters. The molecule has 2 atom stereocenters. The molecule has 2 saturated heterocycles. The standard InChI is InChI=1S/C14H25N3O2/c1-14(2)6-4-7-16-11(14)13(19)17-8-3-5-10(9-17)12(15)18/h10-11,16H,3-9H2,1-2H3,(H2,15,18). The number of primary amides is 1. The van der Waals surface area contributed by atoms with E-state index in [1.165, 1.54) is 0 Å². The third-order valence-electron chi connectivity index (χ3n) is 4.51. The fraction of sp³-hybridized carbons (Fsp3) is 0.857. The Morgan fingerprint density at radius 1 is 1.32 bits per heavy atom. The van der Waals surface area contributed by atoms with E-state index < -0.39 is 0 Å². The molecule has 19 heavy (non-hydrogen) atoms. The van der Waals surface area contributed by atoms with Crippen molar-refractivity contribution in [2.24, 2.45) is 17.1 Å². The Bertz CT molecular complexity index is 368. The lowest BCUT2D eigenvalue weighted by Gasteiger charge is -2.42. The second kappa shape index (κ2) is 5.49. The van der Waals surface area contributed by atoms with E-state index in [-0.39, 0.29) is 29.2 Å². The lowest BCUT2D eigenvalue weighted by Crippen LogP contribution is -2.58. The number of hydrogen-bond acceptors (Lipinski definition) is 3. The van der Waals surface area contributed by atoms with Crippen molar-refractivity contribution in [2.75, 3.05) is 19.6 Å². The summed E-state index contributed by atoms with van der Waals surface area (Å²) in [6, 6.07) is -0.132. The minimum atomic E-state index is -0.284. The molecule has 2 heterocycles. The van der Waals surface area contributed by atoms with Crippen LogP contribution in [0, 0.1) is 11.3 Å². The molecule has 0 aromatic carbocycles. The highest BCUT2D eigenvalue weighted by molar-refractivity contribution is 5.84. The van der Waals surface area contributed by atoms with Crippen LogP contribution in [0.1, 0.15) is 39.5 Å². The number of nitrogens with zero attached hydrogens (tertiary/aromatic N) is 1. The Hall–Kier alpha value is -1.10. The van der Waals surface area contributed by atoms with Crippen LogP contribution in [0.5, 0.6) is 0 Å². The van der Waals surface area contributed by atoms with Gasteiger partial charge in [-0.2, -0.15) is 0 Å². The largest absolute Gasteiger partial charge is 0.369 e.